The van der Waals surface area contributed by atoms with Gasteiger partial charge in [0.05, 0.1) is 6.61 Å². The van der Waals surface area contributed by atoms with Gasteiger partial charge in [0, 0.05) is 18.0 Å². The van der Waals surface area contributed by atoms with E-state index < -0.39 is 0 Å². The number of ether oxygens (including phenoxy) is 1. The molecule has 1 aromatic heterocycles. The number of nitrogens with zero attached hydrogens (tertiary/aromatic N) is 2. The van der Waals surface area contributed by atoms with Gasteiger partial charge >= 0.3 is 5.97 Å². The van der Waals surface area contributed by atoms with E-state index in [1.165, 1.54) is 12.8 Å². The first-order chi connectivity index (χ1) is 8.65. The summed E-state index contributed by atoms with van der Waals surface area (Å²) in [7, 11) is 0. The highest BCUT2D eigenvalue weighted by molar-refractivity contribution is 7.15. The van der Waals surface area contributed by atoms with Crippen molar-refractivity contribution in [2.45, 2.75) is 33.6 Å². The highest BCUT2D eigenvalue weighted by atomic mass is 32.1. The summed E-state index contributed by atoms with van der Waals surface area (Å²) in [6, 6.07) is 0. The van der Waals surface area contributed by atoms with Crippen molar-refractivity contribution < 1.29 is 9.53 Å². The van der Waals surface area contributed by atoms with E-state index >= 15 is 0 Å². The second-order valence-corrected chi connectivity index (χ2v) is 5.81. The fourth-order valence-corrected chi connectivity index (χ4v) is 3.18. The van der Waals surface area contributed by atoms with Crippen molar-refractivity contribution in [3.05, 3.63) is 10.6 Å². The fraction of sp³-hybridized carbons (Fsp3) is 0.692. The van der Waals surface area contributed by atoms with Gasteiger partial charge in [-0.25, -0.2) is 9.78 Å². The summed E-state index contributed by atoms with van der Waals surface area (Å²) < 4.78 is 5.01. The van der Waals surface area contributed by atoms with Crippen molar-refractivity contribution in [3.63, 3.8) is 0 Å². The predicted octanol–water partition coefficient (Wildman–Crippen LogP) is 2.86. The molecule has 1 aliphatic heterocycles. The molecule has 0 aliphatic carbocycles. The quantitative estimate of drug-likeness (QED) is 0.787. The molecule has 0 aromatic carbocycles. The number of carbonyl (C=O) groups is 1. The van der Waals surface area contributed by atoms with Crippen molar-refractivity contribution in [3.8, 4) is 0 Å². The molecule has 18 heavy (non-hydrogen) atoms. The van der Waals surface area contributed by atoms with Gasteiger partial charge in [-0.3, -0.25) is 0 Å². The molecule has 1 fully saturated rings. The molecule has 2 rings (SSSR count). The number of thiazole rings is 1. The predicted molar refractivity (Wildman–Crippen MR) is 73.4 cm³/mol. The first kappa shape index (κ1) is 13.3. The Labute approximate surface area is 112 Å². The summed E-state index contributed by atoms with van der Waals surface area (Å²) in [5, 5.41) is 0.964. The van der Waals surface area contributed by atoms with Crippen molar-refractivity contribution in [2.24, 2.45) is 5.92 Å². The molecular formula is C13H20N2O2S. The third-order valence-corrected chi connectivity index (χ3v) is 4.42. The molecule has 4 nitrogen and oxygen atoms in total. The van der Waals surface area contributed by atoms with Gasteiger partial charge < -0.3 is 9.64 Å². The maximum Gasteiger partial charge on any atom is 0.358 e. The minimum absolute atomic E-state index is 0.302. The maximum atomic E-state index is 11.7. The largest absolute Gasteiger partial charge is 0.461 e. The maximum absolute atomic E-state index is 11.7. The molecule has 1 aromatic rings. The highest BCUT2D eigenvalue weighted by Gasteiger charge is 2.25. The van der Waals surface area contributed by atoms with E-state index in [4.69, 9.17) is 4.74 Å². The topological polar surface area (TPSA) is 42.4 Å². The minimum atomic E-state index is -0.302. The number of rotatable bonds is 4. The van der Waals surface area contributed by atoms with E-state index in [2.05, 4.69) is 16.8 Å². The lowest BCUT2D eigenvalue weighted by Gasteiger charge is -2.13. The molecule has 2 heterocycles. The van der Waals surface area contributed by atoms with Crippen molar-refractivity contribution in [2.75, 3.05) is 24.6 Å². The number of hydrogen-bond acceptors (Lipinski definition) is 5. The van der Waals surface area contributed by atoms with E-state index in [1.807, 2.05) is 13.8 Å². The lowest BCUT2D eigenvalue weighted by atomic mass is 10.1. The average molecular weight is 268 g/mol. The van der Waals surface area contributed by atoms with E-state index in [1.54, 1.807) is 11.3 Å². The molecule has 1 atom stereocenters. The van der Waals surface area contributed by atoms with Crippen LogP contribution in [0, 0.1) is 12.8 Å². The summed E-state index contributed by atoms with van der Waals surface area (Å²) in [6.07, 6.45) is 2.44. The first-order valence-corrected chi connectivity index (χ1v) is 7.36. The standard InChI is InChI=1S/C13H20N2O2S/c1-4-10-6-7-15(8-10)13-14-11(9(3)18-13)12(16)17-5-2/h10H,4-8H2,1-3H3. The fourth-order valence-electron chi connectivity index (χ4n) is 2.25. The summed E-state index contributed by atoms with van der Waals surface area (Å²) in [4.78, 5) is 19.4. The Morgan fingerprint density at radius 2 is 2.33 bits per heavy atom. The Balaban J connectivity index is 2.11. The SMILES string of the molecule is CCOC(=O)c1nc(N2CCC(CC)C2)sc1C. The third-order valence-electron chi connectivity index (χ3n) is 3.39. The van der Waals surface area contributed by atoms with Crippen LogP contribution in [0.5, 0.6) is 0 Å². The normalized spacial score (nSPS) is 19.3. The molecular weight excluding hydrogens is 248 g/mol. The Morgan fingerprint density at radius 3 is 2.94 bits per heavy atom. The molecule has 0 amide bonds. The number of anilines is 1. The minimum Gasteiger partial charge on any atom is -0.461 e. The molecule has 5 heteroatoms. The van der Waals surface area contributed by atoms with Crippen LogP contribution in [0.1, 0.15) is 42.1 Å². The Kier molecular flexibility index (Phi) is 4.22. The van der Waals surface area contributed by atoms with Crippen LogP contribution in [0.15, 0.2) is 0 Å². The van der Waals surface area contributed by atoms with Gasteiger partial charge in [-0.15, -0.1) is 11.3 Å². The molecule has 100 valence electrons. The Bertz CT molecular complexity index is 431. The number of esters is 1. The second kappa shape index (κ2) is 5.69. The van der Waals surface area contributed by atoms with Crippen LogP contribution < -0.4 is 4.90 Å². The van der Waals surface area contributed by atoms with Gasteiger partial charge in [0.15, 0.2) is 10.8 Å². The van der Waals surface area contributed by atoms with Gasteiger partial charge in [0.1, 0.15) is 0 Å². The summed E-state index contributed by atoms with van der Waals surface area (Å²) in [5.41, 5.74) is 0.483. The van der Waals surface area contributed by atoms with Gasteiger partial charge in [0.2, 0.25) is 0 Å². The zero-order valence-corrected chi connectivity index (χ0v) is 12.0. The number of carbonyl (C=O) groups excluding carboxylic acids is 1. The van der Waals surface area contributed by atoms with Crippen LogP contribution in [-0.2, 0) is 4.74 Å². The molecule has 0 radical (unpaired) electrons. The van der Waals surface area contributed by atoms with Crippen molar-refractivity contribution >= 4 is 22.4 Å². The molecule has 0 bridgehead atoms. The zero-order chi connectivity index (χ0) is 13.1. The lowest BCUT2D eigenvalue weighted by molar-refractivity contribution is 0.0519. The molecule has 0 spiro atoms. The van der Waals surface area contributed by atoms with Crippen molar-refractivity contribution in [1.29, 1.82) is 0 Å². The van der Waals surface area contributed by atoms with E-state index in [9.17, 15) is 4.79 Å². The van der Waals surface area contributed by atoms with Gasteiger partial charge in [-0.1, -0.05) is 13.3 Å². The van der Waals surface area contributed by atoms with Crippen LogP contribution >= 0.6 is 11.3 Å². The van der Waals surface area contributed by atoms with Gasteiger partial charge in [-0.2, -0.15) is 0 Å². The van der Waals surface area contributed by atoms with Crippen LogP contribution in [-0.4, -0.2) is 30.6 Å². The van der Waals surface area contributed by atoms with E-state index in [0.29, 0.717) is 12.3 Å². The third kappa shape index (κ3) is 2.66. The molecule has 0 N–H and O–H groups in total. The average Bonchev–Trinajstić information content (AvgIpc) is 2.95. The van der Waals surface area contributed by atoms with Crippen LogP contribution in [0.4, 0.5) is 5.13 Å². The first-order valence-electron chi connectivity index (χ1n) is 6.55. The van der Waals surface area contributed by atoms with Crippen LogP contribution in [0.2, 0.25) is 0 Å². The zero-order valence-electron chi connectivity index (χ0n) is 11.2. The van der Waals surface area contributed by atoms with E-state index in [-0.39, 0.29) is 5.97 Å². The molecule has 1 aliphatic rings. The summed E-state index contributed by atoms with van der Waals surface area (Å²) in [6.45, 7) is 8.48. The number of hydrogen-bond donors (Lipinski definition) is 0. The smallest absolute Gasteiger partial charge is 0.358 e. The lowest BCUT2D eigenvalue weighted by Crippen LogP contribution is -2.19. The molecule has 1 unspecified atom stereocenters. The second-order valence-electron chi connectivity index (χ2n) is 4.63. The van der Waals surface area contributed by atoms with Crippen molar-refractivity contribution in [1.82, 2.24) is 4.98 Å². The monoisotopic (exact) mass is 268 g/mol. The molecule has 0 saturated carbocycles. The van der Waals surface area contributed by atoms with Crippen LogP contribution in [0.25, 0.3) is 0 Å². The molecule has 1 saturated heterocycles. The van der Waals surface area contributed by atoms with Crippen LogP contribution in [0.3, 0.4) is 0 Å². The van der Waals surface area contributed by atoms with Gasteiger partial charge in [0.25, 0.3) is 0 Å². The summed E-state index contributed by atoms with van der Waals surface area (Å²) >= 11 is 1.59. The number of aromatic nitrogens is 1. The Morgan fingerprint density at radius 1 is 1.56 bits per heavy atom. The summed E-state index contributed by atoms with van der Waals surface area (Å²) in [5.74, 6) is 0.462. The highest BCUT2D eigenvalue weighted by Crippen LogP contribution is 2.31. The van der Waals surface area contributed by atoms with E-state index in [0.717, 1.165) is 29.0 Å². The Hall–Kier alpha value is -1.10. The number of aryl methyl sites for hydroxylation is 1. The van der Waals surface area contributed by atoms with Gasteiger partial charge in [-0.05, 0) is 26.2 Å².